The minimum absolute atomic E-state index is 0.00462. The van der Waals surface area contributed by atoms with E-state index in [1.54, 1.807) is 6.92 Å². The number of hydrogen-bond donors (Lipinski definition) is 2. The van der Waals surface area contributed by atoms with Crippen LogP contribution in [0.5, 0.6) is 0 Å². The van der Waals surface area contributed by atoms with Crippen molar-refractivity contribution in [3.63, 3.8) is 0 Å². The van der Waals surface area contributed by atoms with E-state index >= 15 is 0 Å². The van der Waals surface area contributed by atoms with Crippen LogP contribution in [-0.2, 0) is 23.9 Å². The van der Waals surface area contributed by atoms with Crippen molar-refractivity contribution in [3.05, 3.63) is 0 Å². The summed E-state index contributed by atoms with van der Waals surface area (Å²) in [5, 5.41) is 12.7. The molecular formula is C22H34N2O6. The predicted molar refractivity (Wildman–Crippen MR) is 107 cm³/mol. The van der Waals surface area contributed by atoms with Crippen molar-refractivity contribution in [2.75, 3.05) is 19.8 Å². The lowest BCUT2D eigenvalue weighted by Crippen LogP contribution is -2.57. The smallest absolute Gasteiger partial charge is 0.312 e. The molecule has 4 aliphatic rings. The van der Waals surface area contributed by atoms with Crippen molar-refractivity contribution in [2.45, 2.75) is 82.6 Å². The summed E-state index contributed by atoms with van der Waals surface area (Å²) in [5.41, 5.74) is -1.90. The fraction of sp³-hybridized carbons (Fsp3) is 0.864. The summed E-state index contributed by atoms with van der Waals surface area (Å²) in [6.07, 6.45) is 5.74. The average Bonchev–Trinajstić information content (AvgIpc) is 3.21. The van der Waals surface area contributed by atoms with Gasteiger partial charge in [0.25, 0.3) is 0 Å². The molecule has 1 saturated carbocycles. The number of ether oxygens (including phenoxy) is 2. The SMILES string of the molecule is CCOC(=O)[C@H]1[C@H]2C(=O)N(CCO)C(C(=O)NC3CCCCC3)C23CC(C)[C@]1(C)O3. The fourth-order valence-electron chi connectivity index (χ4n) is 6.50. The molecule has 8 heteroatoms. The molecule has 4 fully saturated rings. The Hall–Kier alpha value is -1.67. The van der Waals surface area contributed by atoms with Crippen LogP contribution in [0, 0.1) is 17.8 Å². The van der Waals surface area contributed by atoms with Crippen LogP contribution < -0.4 is 5.32 Å². The van der Waals surface area contributed by atoms with Gasteiger partial charge in [0.2, 0.25) is 11.8 Å². The van der Waals surface area contributed by atoms with Gasteiger partial charge in [-0.05, 0) is 39.0 Å². The van der Waals surface area contributed by atoms with Gasteiger partial charge < -0.3 is 24.8 Å². The van der Waals surface area contributed by atoms with Gasteiger partial charge in [0.15, 0.2) is 0 Å². The molecule has 0 aromatic carbocycles. The number of nitrogens with one attached hydrogen (secondary N) is 1. The number of likely N-dealkylation sites (tertiary alicyclic amines) is 1. The summed E-state index contributed by atoms with van der Waals surface area (Å²) in [6.45, 7) is 5.63. The number of esters is 1. The molecule has 3 aliphatic heterocycles. The number of rotatable bonds is 6. The molecule has 168 valence electrons. The van der Waals surface area contributed by atoms with Crippen molar-refractivity contribution in [3.8, 4) is 0 Å². The fourth-order valence-corrected chi connectivity index (χ4v) is 6.50. The predicted octanol–water partition coefficient (Wildman–Crippen LogP) is 1.00. The number of aliphatic hydroxyl groups excluding tert-OH is 1. The third-order valence-electron chi connectivity index (χ3n) is 7.90. The molecule has 6 atom stereocenters. The molecule has 4 rings (SSSR count). The second kappa shape index (κ2) is 7.79. The van der Waals surface area contributed by atoms with Gasteiger partial charge in [0.05, 0.1) is 24.7 Å². The molecule has 2 bridgehead atoms. The van der Waals surface area contributed by atoms with Gasteiger partial charge in [-0.1, -0.05) is 26.2 Å². The zero-order chi connectivity index (χ0) is 21.7. The summed E-state index contributed by atoms with van der Waals surface area (Å²) in [7, 11) is 0. The minimum atomic E-state index is -1.06. The van der Waals surface area contributed by atoms with E-state index in [4.69, 9.17) is 9.47 Å². The van der Waals surface area contributed by atoms with E-state index in [1.165, 1.54) is 11.3 Å². The van der Waals surface area contributed by atoms with Crippen LogP contribution in [0.15, 0.2) is 0 Å². The lowest BCUT2D eigenvalue weighted by Gasteiger charge is -2.36. The number of carbonyl (C=O) groups excluding carboxylic acids is 3. The number of fused-ring (bicyclic) bond motifs is 1. The van der Waals surface area contributed by atoms with E-state index in [1.807, 2.05) is 13.8 Å². The highest BCUT2D eigenvalue weighted by Gasteiger charge is 2.80. The maximum atomic E-state index is 13.5. The molecule has 8 nitrogen and oxygen atoms in total. The minimum Gasteiger partial charge on any atom is -0.466 e. The summed E-state index contributed by atoms with van der Waals surface area (Å²) >= 11 is 0. The number of carbonyl (C=O) groups is 3. The van der Waals surface area contributed by atoms with Gasteiger partial charge in [0, 0.05) is 12.6 Å². The van der Waals surface area contributed by atoms with Crippen molar-refractivity contribution in [1.82, 2.24) is 10.2 Å². The van der Waals surface area contributed by atoms with E-state index in [-0.39, 0.29) is 43.5 Å². The first-order valence-electron chi connectivity index (χ1n) is 11.4. The number of aliphatic hydroxyl groups is 1. The highest BCUT2D eigenvalue weighted by Crippen LogP contribution is 2.65. The van der Waals surface area contributed by atoms with Crippen LogP contribution in [0.4, 0.5) is 0 Å². The molecule has 1 spiro atoms. The summed E-state index contributed by atoms with van der Waals surface area (Å²) in [5.74, 6) is -2.47. The first-order valence-corrected chi connectivity index (χ1v) is 11.4. The zero-order valence-corrected chi connectivity index (χ0v) is 18.2. The van der Waals surface area contributed by atoms with E-state index in [2.05, 4.69) is 5.32 Å². The van der Waals surface area contributed by atoms with E-state index in [0.717, 1.165) is 25.7 Å². The van der Waals surface area contributed by atoms with E-state index in [9.17, 15) is 19.5 Å². The van der Waals surface area contributed by atoms with Crippen molar-refractivity contribution >= 4 is 17.8 Å². The van der Waals surface area contributed by atoms with Gasteiger partial charge >= 0.3 is 5.97 Å². The maximum absolute atomic E-state index is 13.5. The molecule has 0 aromatic rings. The van der Waals surface area contributed by atoms with E-state index in [0.29, 0.717) is 6.42 Å². The number of β-amino-alcohol motifs (C(OH)–C–C–N with tert-alkyl or cyclic N) is 1. The maximum Gasteiger partial charge on any atom is 0.312 e. The van der Waals surface area contributed by atoms with Gasteiger partial charge in [-0.15, -0.1) is 0 Å². The normalized spacial score (nSPS) is 40.5. The monoisotopic (exact) mass is 422 g/mol. The van der Waals surface area contributed by atoms with Crippen LogP contribution in [0.2, 0.25) is 0 Å². The standard InChI is InChI=1S/C22H34N2O6/c1-4-29-20(28)16-15-19(27)24(10-11-25)17(18(26)23-14-8-6-5-7-9-14)22(15)12-13(2)21(16,3)30-22/h13-17,25H,4-12H2,1-3H3,(H,23,26)/t13?,15-,16+,17?,21-,22?/m0/s1. The Kier molecular flexibility index (Phi) is 5.60. The first-order chi connectivity index (χ1) is 14.3. The van der Waals surface area contributed by atoms with Crippen molar-refractivity contribution < 1.29 is 29.0 Å². The second-order valence-corrected chi connectivity index (χ2v) is 9.55. The van der Waals surface area contributed by atoms with Crippen LogP contribution >= 0.6 is 0 Å². The Morgan fingerprint density at radius 3 is 2.63 bits per heavy atom. The van der Waals surface area contributed by atoms with Gasteiger partial charge in [-0.2, -0.15) is 0 Å². The molecule has 30 heavy (non-hydrogen) atoms. The molecule has 1 aliphatic carbocycles. The highest BCUT2D eigenvalue weighted by atomic mass is 16.6. The molecule has 0 aromatic heterocycles. The summed E-state index contributed by atoms with van der Waals surface area (Å²) < 4.78 is 11.8. The number of nitrogens with zero attached hydrogens (tertiary/aromatic N) is 1. The van der Waals surface area contributed by atoms with Crippen LogP contribution in [0.1, 0.15) is 59.3 Å². The third-order valence-corrected chi connectivity index (χ3v) is 7.90. The summed E-state index contributed by atoms with van der Waals surface area (Å²) in [6, 6.07) is -0.743. The average molecular weight is 423 g/mol. The lowest BCUT2D eigenvalue weighted by molar-refractivity contribution is -0.161. The number of amides is 2. The molecule has 0 radical (unpaired) electrons. The molecule has 2 amide bonds. The Balaban J connectivity index is 1.70. The Labute approximate surface area is 177 Å². The molecule has 3 unspecified atom stereocenters. The van der Waals surface area contributed by atoms with Gasteiger partial charge in [-0.25, -0.2) is 0 Å². The van der Waals surface area contributed by atoms with Gasteiger partial charge in [0.1, 0.15) is 17.6 Å². The molecular weight excluding hydrogens is 388 g/mol. The first kappa shape index (κ1) is 21.6. The van der Waals surface area contributed by atoms with Crippen molar-refractivity contribution in [1.29, 1.82) is 0 Å². The summed E-state index contributed by atoms with van der Waals surface area (Å²) in [4.78, 5) is 41.3. The lowest BCUT2D eigenvalue weighted by atomic mass is 9.62. The largest absolute Gasteiger partial charge is 0.466 e. The Morgan fingerprint density at radius 1 is 1.30 bits per heavy atom. The third kappa shape index (κ3) is 2.98. The quantitative estimate of drug-likeness (QED) is 0.619. The molecule has 2 N–H and O–H groups in total. The van der Waals surface area contributed by atoms with Crippen LogP contribution in [0.3, 0.4) is 0 Å². The zero-order valence-electron chi connectivity index (χ0n) is 18.2. The molecule has 3 saturated heterocycles. The Morgan fingerprint density at radius 2 is 2.00 bits per heavy atom. The van der Waals surface area contributed by atoms with E-state index < -0.39 is 35.0 Å². The highest BCUT2D eigenvalue weighted by molar-refractivity contribution is 5.98. The van der Waals surface area contributed by atoms with Crippen LogP contribution in [-0.4, -0.2) is 70.8 Å². The topological polar surface area (TPSA) is 105 Å². The van der Waals surface area contributed by atoms with Crippen molar-refractivity contribution in [2.24, 2.45) is 17.8 Å². The Bertz CT molecular complexity index is 722. The number of hydrogen-bond acceptors (Lipinski definition) is 6. The second-order valence-electron chi connectivity index (χ2n) is 9.55. The van der Waals surface area contributed by atoms with Gasteiger partial charge in [-0.3, -0.25) is 14.4 Å². The molecule has 3 heterocycles. The van der Waals surface area contributed by atoms with Crippen LogP contribution in [0.25, 0.3) is 0 Å².